The number of nitrogens with two attached hydrogens (primary N) is 1. The van der Waals surface area contributed by atoms with E-state index in [4.69, 9.17) is 5.73 Å². The maximum atomic E-state index is 12.9. The van der Waals surface area contributed by atoms with E-state index in [9.17, 15) is 4.39 Å². The second kappa shape index (κ2) is 4.21. The Labute approximate surface area is 106 Å². The molecule has 1 aliphatic carbocycles. The van der Waals surface area contributed by atoms with Crippen LogP contribution in [0.1, 0.15) is 30.0 Å². The third-order valence-corrected chi connectivity index (χ3v) is 3.96. The van der Waals surface area contributed by atoms with Crippen molar-refractivity contribution in [1.82, 2.24) is 0 Å². The molecule has 0 aromatic heterocycles. The Morgan fingerprint density at radius 1 is 0.944 bits per heavy atom. The summed E-state index contributed by atoms with van der Waals surface area (Å²) in [5.74, 6) is -0.212. The van der Waals surface area contributed by atoms with E-state index in [-0.39, 0.29) is 17.3 Å². The topological polar surface area (TPSA) is 26.0 Å². The summed E-state index contributed by atoms with van der Waals surface area (Å²) in [4.78, 5) is 0. The van der Waals surface area contributed by atoms with Gasteiger partial charge >= 0.3 is 0 Å². The predicted molar refractivity (Wildman–Crippen MR) is 70.7 cm³/mol. The molecule has 2 aromatic carbocycles. The molecule has 2 aromatic rings. The Hall–Kier alpha value is -1.67. The first-order valence-electron chi connectivity index (χ1n) is 6.29. The zero-order chi connectivity index (χ0) is 12.6. The summed E-state index contributed by atoms with van der Waals surface area (Å²) in [6, 6.07) is 16.9. The molecular weight excluding hydrogens is 225 g/mol. The van der Waals surface area contributed by atoms with E-state index < -0.39 is 0 Å². The fourth-order valence-electron chi connectivity index (χ4n) is 2.67. The van der Waals surface area contributed by atoms with Gasteiger partial charge in [0.25, 0.3) is 0 Å². The molecule has 1 fully saturated rings. The van der Waals surface area contributed by atoms with Crippen LogP contribution in [0.15, 0.2) is 54.6 Å². The lowest BCUT2D eigenvalue weighted by Gasteiger charge is -2.24. The highest BCUT2D eigenvalue weighted by atomic mass is 19.1. The van der Waals surface area contributed by atoms with E-state index >= 15 is 0 Å². The quantitative estimate of drug-likeness (QED) is 0.873. The highest BCUT2D eigenvalue weighted by Gasteiger charge is 2.49. The zero-order valence-corrected chi connectivity index (χ0v) is 10.1. The Morgan fingerprint density at radius 2 is 1.56 bits per heavy atom. The van der Waals surface area contributed by atoms with Gasteiger partial charge in [-0.05, 0) is 36.1 Å². The first kappa shape index (κ1) is 11.4. The van der Waals surface area contributed by atoms with E-state index in [2.05, 4.69) is 12.1 Å². The third kappa shape index (κ3) is 1.83. The van der Waals surface area contributed by atoms with Crippen LogP contribution in [0.4, 0.5) is 4.39 Å². The SMILES string of the molecule is NC(c1ccc(F)cc1)C1(c2ccccc2)CC1. The number of rotatable bonds is 3. The molecule has 92 valence electrons. The van der Waals surface area contributed by atoms with Crippen molar-refractivity contribution in [2.75, 3.05) is 0 Å². The van der Waals surface area contributed by atoms with Crippen molar-refractivity contribution >= 4 is 0 Å². The maximum absolute atomic E-state index is 12.9. The molecule has 3 rings (SSSR count). The molecule has 0 bridgehead atoms. The number of benzene rings is 2. The van der Waals surface area contributed by atoms with Gasteiger partial charge in [-0.25, -0.2) is 4.39 Å². The van der Waals surface area contributed by atoms with Gasteiger partial charge < -0.3 is 5.73 Å². The van der Waals surface area contributed by atoms with E-state index in [0.29, 0.717) is 0 Å². The van der Waals surface area contributed by atoms with Crippen LogP contribution < -0.4 is 5.73 Å². The van der Waals surface area contributed by atoms with Crippen LogP contribution in [0.25, 0.3) is 0 Å². The monoisotopic (exact) mass is 241 g/mol. The van der Waals surface area contributed by atoms with Crippen LogP contribution in [-0.2, 0) is 5.41 Å². The third-order valence-electron chi connectivity index (χ3n) is 3.96. The van der Waals surface area contributed by atoms with Crippen molar-refractivity contribution in [2.45, 2.75) is 24.3 Å². The van der Waals surface area contributed by atoms with Gasteiger partial charge in [0.05, 0.1) is 0 Å². The maximum Gasteiger partial charge on any atom is 0.123 e. The van der Waals surface area contributed by atoms with Gasteiger partial charge in [0.15, 0.2) is 0 Å². The molecule has 0 radical (unpaired) electrons. The molecule has 0 heterocycles. The fraction of sp³-hybridized carbons (Fsp3) is 0.250. The summed E-state index contributed by atoms with van der Waals surface area (Å²) in [7, 11) is 0. The van der Waals surface area contributed by atoms with Crippen molar-refractivity contribution in [3.05, 3.63) is 71.5 Å². The van der Waals surface area contributed by atoms with Crippen molar-refractivity contribution in [3.63, 3.8) is 0 Å². The predicted octanol–water partition coefficient (Wildman–Crippen LogP) is 3.56. The molecule has 1 atom stereocenters. The van der Waals surface area contributed by atoms with Gasteiger partial charge in [-0.2, -0.15) is 0 Å². The molecule has 1 nitrogen and oxygen atoms in total. The molecule has 1 saturated carbocycles. The van der Waals surface area contributed by atoms with Crippen LogP contribution in [0.5, 0.6) is 0 Å². The van der Waals surface area contributed by atoms with Crippen LogP contribution in [0.2, 0.25) is 0 Å². The molecule has 18 heavy (non-hydrogen) atoms. The second-order valence-corrected chi connectivity index (χ2v) is 5.05. The molecule has 2 N–H and O–H groups in total. The minimum Gasteiger partial charge on any atom is -0.323 e. The van der Waals surface area contributed by atoms with E-state index in [1.165, 1.54) is 17.7 Å². The number of hydrogen-bond acceptors (Lipinski definition) is 1. The molecule has 0 aliphatic heterocycles. The number of halogens is 1. The van der Waals surface area contributed by atoms with Crippen LogP contribution in [-0.4, -0.2) is 0 Å². The average Bonchev–Trinajstić information content (AvgIpc) is 3.21. The van der Waals surface area contributed by atoms with Crippen LogP contribution >= 0.6 is 0 Å². The van der Waals surface area contributed by atoms with Crippen LogP contribution in [0, 0.1) is 5.82 Å². The lowest BCUT2D eigenvalue weighted by atomic mass is 9.84. The highest BCUT2D eigenvalue weighted by Crippen LogP contribution is 2.55. The van der Waals surface area contributed by atoms with Crippen molar-refractivity contribution in [3.8, 4) is 0 Å². The lowest BCUT2D eigenvalue weighted by Crippen LogP contribution is -2.26. The molecule has 2 heteroatoms. The van der Waals surface area contributed by atoms with Crippen molar-refractivity contribution in [2.24, 2.45) is 5.73 Å². The first-order valence-corrected chi connectivity index (χ1v) is 6.29. The minimum absolute atomic E-state index is 0.0547. The van der Waals surface area contributed by atoms with E-state index in [1.807, 2.05) is 18.2 Å². The second-order valence-electron chi connectivity index (χ2n) is 5.05. The fourth-order valence-corrected chi connectivity index (χ4v) is 2.67. The van der Waals surface area contributed by atoms with Gasteiger partial charge in [0.2, 0.25) is 0 Å². The highest BCUT2D eigenvalue weighted by molar-refractivity contribution is 5.38. The summed E-state index contributed by atoms with van der Waals surface area (Å²) in [5.41, 5.74) is 8.75. The first-order chi connectivity index (χ1) is 8.72. The molecule has 0 spiro atoms. The summed E-state index contributed by atoms with van der Waals surface area (Å²) in [5, 5.41) is 0. The van der Waals surface area contributed by atoms with Crippen LogP contribution in [0.3, 0.4) is 0 Å². The summed E-state index contributed by atoms with van der Waals surface area (Å²) < 4.78 is 12.9. The molecule has 1 unspecified atom stereocenters. The normalized spacial score (nSPS) is 18.3. The molecular formula is C16H16FN. The Bertz CT molecular complexity index is 529. The Kier molecular flexibility index (Phi) is 2.67. The molecule has 1 aliphatic rings. The lowest BCUT2D eigenvalue weighted by molar-refractivity contribution is 0.539. The summed E-state index contributed by atoms with van der Waals surface area (Å²) in [6.07, 6.45) is 2.21. The molecule has 0 saturated heterocycles. The van der Waals surface area contributed by atoms with Gasteiger partial charge in [-0.1, -0.05) is 42.5 Å². The van der Waals surface area contributed by atoms with Gasteiger partial charge in [0.1, 0.15) is 5.82 Å². The van der Waals surface area contributed by atoms with E-state index in [0.717, 1.165) is 18.4 Å². The average molecular weight is 241 g/mol. The van der Waals surface area contributed by atoms with Gasteiger partial charge in [-0.3, -0.25) is 0 Å². The Balaban J connectivity index is 1.93. The standard InChI is InChI=1S/C16H16FN/c17-14-8-6-12(7-9-14)15(18)16(10-11-16)13-4-2-1-3-5-13/h1-9,15H,10-11,18H2. The van der Waals surface area contributed by atoms with Crippen molar-refractivity contribution in [1.29, 1.82) is 0 Å². The Morgan fingerprint density at radius 3 is 2.11 bits per heavy atom. The summed E-state index contributed by atoms with van der Waals surface area (Å²) in [6.45, 7) is 0. The number of hydrogen-bond donors (Lipinski definition) is 1. The van der Waals surface area contributed by atoms with E-state index in [1.54, 1.807) is 12.1 Å². The van der Waals surface area contributed by atoms with Gasteiger partial charge in [-0.15, -0.1) is 0 Å². The molecule has 0 amide bonds. The zero-order valence-electron chi connectivity index (χ0n) is 10.1. The van der Waals surface area contributed by atoms with Crippen molar-refractivity contribution < 1.29 is 4.39 Å². The summed E-state index contributed by atoms with van der Waals surface area (Å²) >= 11 is 0. The van der Waals surface area contributed by atoms with Gasteiger partial charge in [0, 0.05) is 11.5 Å². The smallest absolute Gasteiger partial charge is 0.123 e. The largest absolute Gasteiger partial charge is 0.323 e. The minimum atomic E-state index is -0.212.